The van der Waals surface area contributed by atoms with Gasteiger partial charge in [-0.1, -0.05) is 94.7 Å². The standard InChI is InChI=1S/C30H41NO3S/c1-4-5-6-7-8-9-13-16-28(32)31-26(19-22-29(33)34)23-35-27-20-17-25(18-21-27)30(2,3)24-14-11-10-12-15-24/h9-15,17-18,20-21,26H,4-8,16,19,22-23H2,1-3H3,(H,31,32)(H,33,34)/t26-/m0/s1. The number of rotatable bonds is 16. The Hall–Kier alpha value is -2.53. The van der Waals surface area contributed by atoms with Crippen LogP contribution in [0.2, 0.25) is 0 Å². The number of amides is 1. The largest absolute Gasteiger partial charge is 0.481 e. The zero-order valence-electron chi connectivity index (χ0n) is 21.5. The monoisotopic (exact) mass is 495 g/mol. The molecule has 0 spiro atoms. The van der Waals surface area contributed by atoms with E-state index in [1.807, 2.05) is 12.1 Å². The lowest BCUT2D eigenvalue weighted by Crippen LogP contribution is -2.36. The van der Waals surface area contributed by atoms with E-state index in [0.717, 1.165) is 17.7 Å². The lowest BCUT2D eigenvalue weighted by Gasteiger charge is -2.26. The molecule has 0 aliphatic carbocycles. The third-order valence-corrected chi connectivity index (χ3v) is 7.46. The van der Waals surface area contributed by atoms with Gasteiger partial charge in [-0.05, 0) is 42.5 Å². The predicted octanol–water partition coefficient (Wildman–Crippen LogP) is 7.37. The fraction of sp³-hybridized carbons (Fsp3) is 0.467. The first-order valence-electron chi connectivity index (χ1n) is 12.8. The highest BCUT2D eigenvalue weighted by Crippen LogP contribution is 2.32. The van der Waals surface area contributed by atoms with Crippen molar-refractivity contribution >= 4 is 23.6 Å². The Kier molecular flexibility index (Phi) is 12.7. The smallest absolute Gasteiger partial charge is 0.303 e. The molecule has 0 saturated heterocycles. The molecule has 0 unspecified atom stereocenters. The quantitative estimate of drug-likeness (QED) is 0.145. The summed E-state index contributed by atoms with van der Waals surface area (Å²) in [5.41, 5.74) is 2.42. The minimum atomic E-state index is -0.839. The van der Waals surface area contributed by atoms with Crippen molar-refractivity contribution in [3.8, 4) is 0 Å². The second-order valence-corrected chi connectivity index (χ2v) is 10.6. The van der Waals surface area contributed by atoms with E-state index in [1.165, 1.54) is 30.4 Å². The summed E-state index contributed by atoms with van der Waals surface area (Å²) in [6.45, 7) is 6.64. The molecule has 4 nitrogen and oxygen atoms in total. The van der Waals surface area contributed by atoms with Gasteiger partial charge in [-0.2, -0.15) is 0 Å². The summed E-state index contributed by atoms with van der Waals surface area (Å²) < 4.78 is 0. The van der Waals surface area contributed by atoms with Crippen LogP contribution < -0.4 is 5.32 Å². The molecule has 2 rings (SSSR count). The average Bonchev–Trinajstić information content (AvgIpc) is 2.86. The highest BCUT2D eigenvalue weighted by molar-refractivity contribution is 7.99. The van der Waals surface area contributed by atoms with Crippen LogP contribution in [0.5, 0.6) is 0 Å². The maximum absolute atomic E-state index is 12.4. The Morgan fingerprint density at radius 2 is 1.66 bits per heavy atom. The Morgan fingerprint density at radius 3 is 2.31 bits per heavy atom. The van der Waals surface area contributed by atoms with Crippen LogP contribution in [0, 0.1) is 0 Å². The van der Waals surface area contributed by atoms with E-state index in [-0.39, 0.29) is 23.8 Å². The second-order valence-electron chi connectivity index (χ2n) is 9.55. The first kappa shape index (κ1) is 28.7. The molecule has 0 radical (unpaired) electrons. The average molecular weight is 496 g/mol. The van der Waals surface area contributed by atoms with Gasteiger partial charge in [-0.15, -0.1) is 11.8 Å². The summed E-state index contributed by atoms with van der Waals surface area (Å²) in [5.74, 6) is -0.249. The molecule has 2 N–H and O–H groups in total. The van der Waals surface area contributed by atoms with Gasteiger partial charge in [0.25, 0.3) is 0 Å². The van der Waals surface area contributed by atoms with Gasteiger partial charge in [0.1, 0.15) is 0 Å². The van der Waals surface area contributed by atoms with Crippen molar-refractivity contribution in [3.63, 3.8) is 0 Å². The summed E-state index contributed by atoms with van der Waals surface area (Å²) in [4.78, 5) is 24.6. The normalized spacial score (nSPS) is 12.5. The first-order valence-corrected chi connectivity index (χ1v) is 13.8. The van der Waals surface area contributed by atoms with E-state index in [9.17, 15) is 9.59 Å². The van der Waals surface area contributed by atoms with Crippen LogP contribution >= 0.6 is 11.8 Å². The van der Waals surface area contributed by atoms with Gasteiger partial charge in [0.05, 0.1) is 0 Å². The van der Waals surface area contributed by atoms with Crippen LogP contribution in [0.1, 0.15) is 83.3 Å². The lowest BCUT2D eigenvalue weighted by atomic mass is 9.78. The first-order chi connectivity index (χ1) is 16.8. The number of carbonyl (C=O) groups excluding carboxylic acids is 1. The van der Waals surface area contributed by atoms with Crippen LogP contribution in [0.4, 0.5) is 0 Å². The van der Waals surface area contributed by atoms with Gasteiger partial charge in [0.15, 0.2) is 0 Å². The molecule has 5 heteroatoms. The number of benzene rings is 2. The number of unbranched alkanes of at least 4 members (excludes halogenated alkanes) is 4. The van der Waals surface area contributed by atoms with E-state index in [2.05, 4.69) is 80.7 Å². The fourth-order valence-electron chi connectivity index (χ4n) is 3.96. The van der Waals surface area contributed by atoms with E-state index in [1.54, 1.807) is 11.8 Å². The molecule has 2 aromatic rings. The number of aliphatic carboxylic acids is 1. The third-order valence-electron chi connectivity index (χ3n) is 6.29. The van der Waals surface area contributed by atoms with Crippen molar-refractivity contribution in [2.24, 2.45) is 0 Å². The number of thioether (sulfide) groups is 1. The van der Waals surface area contributed by atoms with Gasteiger partial charge < -0.3 is 10.4 Å². The van der Waals surface area contributed by atoms with Crippen molar-refractivity contribution < 1.29 is 14.7 Å². The van der Waals surface area contributed by atoms with Crippen molar-refractivity contribution in [1.82, 2.24) is 5.32 Å². The number of hydrogen-bond donors (Lipinski definition) is 2. The zero-order valence-corrected chi connectivity index (χ0v) is 22.3. The highest BCUT2D eigenvalue weighted by atomic mass is 32.2. The molecular formula is C30H41NO3S. The Labute approximate surface area is 215 Å². The summed E-state index contributed by atoms with van der Waals surface area (Å²) in [7, 11) is 0. The van der Waals surface area contributed by atoms with E-state index >= 15 is 0 Å². The molecule has 0 aliphatic rings. The summed E-state index contributed by atoms with van der Waals surface area (Å²) in [5, 5.41) is 12.2. The zero-order chi connectivity index (χ0) is 25.5. The number of nitrogens with one attached hydrogen (secondary N) is 1. The number of carbonyl (C=O) groups is 2. The van der Waals surface area contributed by atoms with Gasteiger partial charge in [0.2, 0.25) is 5.91 Å². The summed E-state index contributed by atoms with van der Waals surface area (Å²) in [6.07, 6.45) is 10.7. The molecule has 35 heavy (non-hydrogen) atoms. The Morgan fingerprint density at radius 1 is 0.971 bits per heavy atom. The van der Waals surface area contributed by atoms with Gasteiger partial charge >= 0.3 is 5.97 Å². The van der Waals surface area contributed by atoms with Gasteiger partial charge in [-0.3, -0.25) is 9.59 Å². The molecule has 0 aliphatic heterocycles. The molecule has 0 fully saturated rings. The molecule has 2 aromatic carbocycles. The van der Waals surface area contributed by atoms with Crippen molar-refractivity contribution in [1.29, 1.82) is 0 Å². The topological polar surface area (TPSA) is 66.4 Å². The second kappa shape index (κ2) is 15.5. The lowest BCUT2D eigenvalue weighted by molar-refractivity contribution is -0.137. The van der Waals surface area contributed by atoms with Gasteiger partial charge in [0, 0.05) is 34.9 Å². The van der Waals surface area contributed by atoms with Crippen LogP contribution in [0.3, 0.4) is 0 Å². The highest BCUT2D eigenvalue weighted by Gasteiger charge is 2.22. The maximum atomic E-state index is 12.4. The van der Waals surface area contributed by atoms with Crippen LogP contribution in [0.25, 0.3) is 0 Å². The van der Waals surface area contributed by atoms with Crippen molar-refractivity contribution in [2.75, 3.05) is 5.75 Å². The molecule has 1 atom stereocenters. The summed E-state index contributed by atoms with van der Waals surface area (Å²) >= 11 is 1.65. The molecule has 0 heterocycles. The summed E-state index contributed by atoms with van der Waals surface area (Å²) in [6, 6.07) is 18.8. The van der Waals surface area contributed by atoms with Crippen molar-refractivity contribution in [2.45, 2.75) is 88.5 Å². The van der Waals surface area contributed by atoms with E-state index in [0.29, 0.717) is 18.6 Å². The van der Waals surface area contributed by atoms with Crippen LogP contribution in [-0.2, 0) is 15.0 Å². The molecule has 0 bridgehead atoms. The Bertz CT molecular complexity index is 922. The van der Waals surface area contributed by atoms with Gasteiger partial charge in [-0.25, -0.2) is 0 Å². The van der Waals surface area contributed by atoms with Crippen LogP contribution in [0.15, 0.2) is 71.6 Å². The maximum Gasteiger partial charge on any atom is 0.303 e. The van der Waals surface area contributed by atoms with Crippen molar-refractivity contribution in [3.05, 3.63) is 77.9 Å². The van der Waals surface area contributed by atoms with Crippen LogP contribution in [-0.4, -0.2) is 28.8 Å². The SMILES string of the molecule is CCCCCCC=CCC(=O)N[C@@H](CCC(=O)O)CSc1ccc(C(C)(C)c2ccccc2)cc1. The molecule has 1 amide bonds. The number of carboxylic acids is 1. The predicted molar refractivity (Wildman–Crippen MR) is 147 cm³/mol. The third kappa shape index (κ3) is 10.7. The minimum Gasteiger partial charge on any atom is -0.481 e. The van der Waals surface area contributed by atoms with E-state index in [4.69, 9.17) is 5.11 Å². The molecule has 0 saturated carbocycles. The molecule has 0 aromatic heterocycles. The number of allylic oxidation sites excluding steroid dienone is 1. The van der Waals surface area contributed by atoms with E-state index < -0.39 is 5.97 Å². The number of carboxylic acid groups (broad SMARTS) is 1. The minimum absolute atomic E-state index is 0.0446. The molecular weight excluding hydrogens is 454 g/mol. The fourth-order valence-corrected chi connectivity index (χ4v) is 4.94. The Balaban J connectivity index is 1.89. The molecule has 190 valence electrons. The number of hydrogen-bond acceptors (Lipinski definition) is 3.